The SMILES string of the molecule is CCN1C(=O)NC(c2ccc(C)cc2C)C2=C1CN(C(Cc1ccccc1)C(=O)NCc1ccco1)C2=O. The molecule has 0 bridgehead atoms. The molecule has 0 saturated heterocycles. The molecule has 38 heavy (non-hydrogen) atoms. The van der Waals surface area contributed by atoms with Gasteiger partial charge in [0, 0.05) is 13.0 Å². The van der Waals surface area contributed by atoms with Gasteiger partial charge >= 0.3 is 6.03 Å². The second kappa shape index (κ2) is 10.6. The third-order valence-corrected chi connectivity index (χ3v) is 7.27. The summed E-state index contributed by atoms with van der Waals surface area (Å²) in [6.07, 6.45) is 1.90. The van der Waals surface area contributed by atoms with Crippen LogP contribution in [0.5, 0.6) is 0 Å². The third-order valence-electron chi connectivity index (χ3n) is 7.27. The van der Waals surface area contributed by atoms with E-state index < -0.39 is 12.1 Å². The Hall–Kier alpha value is -4.33. The van der Waals surface area contributed by atoms with Crippen molar-refractivity contribution in [3.63, 3.8) is 0 Å². The molecule has 5 rings (SSSR count). The van der Waals surface area contributed by atoms with Gasteiger partial charge in [-0.1, -0.05) is 54.1 Å². The average Bonchev–Trinajstić information content (AvgIpc) is 3.54. The maximum Gasteiger partial charge on any atom is 0.322 e. The van der Waals surface area contributed by atoms with Gasteiger partial charge in [0.05, 0.1) is 36.7 Å². The maximum atomic E-state index is 14.1. The van der Waals surface area contributed by atoms with Crippen molar-refractivity contribution < 1.29 is 18.8 Å². The number of furan rings is 1. The van der Waals surface area contributed by atoms with E-state index in [1.54, 1.807) is 28.2 Å². The summed E-state index contributed by atoms with van der Waals surface area (Å²) in [5.74, 6) is 0.116. The Kier molecular flexibility index (Phi) is 7.05. The van der Waals surface area contributed by atoms with E-state index in [2.05, 4.69) is 10.6 Å². The Balaban J connectivity index is 1.49. The van der Waals surface area contributed by atoms with E-state index in [1.807, 2.05) is 69.3 Å². The van der Waals surface area contributed by atoms with E-state index in [0.717, 1.165) is 22.3 Å². The summed E-state index contributed by atoms with van der Waals surface area (Å²) < 4.78 is 5.37. The second-order valence-corrected chi connectivity index (χ2v) is 9.78. The van der Waals surface area contributed by atoms with Crippen LogP contribution in [0.3, 0.4) is 0 Å². The largest absolute Gasteiger partial charge is 0.467 e. The predicted octanol–water partition coefficient (Wildman–Crippen LogP) is 4.01. The van der Waals surface area contributed by atoms with Crippen LogP contribution in [-0.2, 0) is 22.6 Å². The molecule has 1 aromatic heterocycles. The molecular weight excluding hydrogens is 480 g/mol. The molecule has 8 nitrogen and oxygen atoms in total. The molecule has 3 aromatic rings. The highest BCUT2D eigenvalue weighted by atomic mass is 16.3. The number of carbonyl (C=O) groups excluding carboxylic acids is 3. The molecule has 0 radical (unpaired) electrons. The first kappa shape index (κ1) is 25.3. The van der Waals surface area contributed by atoms with Gasteiger partial charge in [-0.05, 0) is 49.6 Å². The fourth-order valence-corrected chi connectivity index (χ4v) is 5.37. The molecule has 2 N–H and O–H groups in total. The molecule has 8 heteroatoms. The van der Waals surface area contributed by atoms with Crippen molar-refractivity contribution in [2.45, 2.75) is 45.8 Å². The number of aryl methyl sites for hydroxylation is 2. The molecular formula is C30H32N4O4. The van der Waals surface area contributed by atoms with Crippen molar-refractivity contribution in [1.29, 1.82) is 0 Å². The topological polar surface area (TPSA) is 94.9 Å². The summed E-state index contributed by atoms with van der Waals surface area (Å²) in [7, 11) is 0. The fourth-order valence-electron chi connectivity index (χ4n) is 5.37. The first-order valence-electron chi connectivity index (χ1n) is 12.9. The van der Waals surface area contributed by atoms with E-state index in [4.69, 9.17) is 4.42 Å². The number of nitrogens with zero attached hydrogens (tertiary/aromatic N) is 2. The average molecular weight is 513 g/mol. The smallest absolute Gasteiger partial charge is 0.322 e. The van der Waals surface area contributed by atoms with E-state index in [0.29, 0.717) is 30.0 Å². The van der Waals surface area contributed by atoms with Crippen molar-refractivity contribution in [3.8, 4) is 0 Å². The van der Waals surface area contributed by atoms with Crippen LogP contribution in [0.4, 0.5) is 4.79 Å². The zero-order valence-electron chi connectivity index (χ0n) is 21.9. The van der Waals surface area contributed by atoms with Crippen LogP contribution in [-0.4, -0.2) is 46.8 Å². The Morgan fingerprint density at radius 1 is 1.11 bits per heavy atom. The van der Waals surface area contributed by atoms with Gasteiger partial charge in [-0.15, -0.1) is 0 Å². The molecule has 0 fully saturated rings. The highest BCUT2D eigenvalue weighted by Crippen LogP contribution is 2.38. The van der Waals surface area contributed by atoms with Crippen molar-refractivity contribution in [2.75, 3.05) is 13.1 Å². The number of carbonyl (C=O) groups is 3. The van der Waals surface area contributed by atoms with E-state index in [-0.39, 0.29) is 30.9 Å². The van der Waals surface area contributed by atoms with Crippen molar-refractivity contribution in [3.05, 3.63) is 106 Å². The molecule has 2 aliphatic heterocycles. The second-order valence-electron chi connectivity index (χ2n) is 9.78. The number of urea groups is 1. The minimum Gasteiger partial charge on any atom is -0.467 e. The van der Waals surface area contributed by atoms with E-state index >= 15 is 0 Å². The number of hydrogen-bond donors (Lipinski definition) is 2. The van der Waals surface area contributed by atoms with Gasteiger partial charge in [0.2, 0.25) is 5.91 Å². The van der Waals surface area contributed by atoms with Crippen molar-refractivity contribution in [1.82, 2.24) is 20.4 Å². The minimum atomic E-state index is -0.765. The van der Waals surface area contributed by atoms with Gasteiger partial charge in [0.25, 0.3) is 5.91 Å². The highest BCUT2D eigenvalue weighted by molar-refractivity contribution is 6.03. The summed E-state index contributed by atoms with van der Waals surface area (Å²) in [5.41, 5.74) is 5.10. The molecule has 4 amide bonds. The van der Waals surface area contributed by atoms with Gasteiger partial charge in [0.15, 0.2) is 0 Å². The monoisotopic (exact) mass is 512 g/mol. The summed E-state index contributed by atoms with van der Waals surface area (Å²) in [4.78, 5) is 44.1. The standard InChI is InChI=1S/C30H32N4O4/c1-4-33-25-18-34(29(36)26(25)27(32-30(33)37)23-13-12-19(2)15-20(23)3)24(16-21-9-6-5-7-10-21)28(35)31-17-22-11-8-14-38-22/h5-15,24,27H,4,16-18H2,1-3H3,(H,31,35)(H,32,37). The van der Waals surface area contributed by atoms with Gasteiger partial charge in [-0.2, -0.15) is 0 Å². The van der Waals surface area contributed by atoms with Crippen LogP contribution < -0.4 is 10.6 Å². The number of rotatable bonds is 8. The fraction of sp³-hybridized carbons (Fsp3) is 0.300. The Bertz CT molecular complexity index is 1380. The summed E-state index contributed by atoms with van der Waals surface area (Å²) in [6.45, 7) is 6.70. The molecule has 196 valence electrons. The molecule has 2 atom stereocenters. The van der Waals surface area contributed by atoms with Crippen LogP contribution in [0.2, 0.25) is 0 Å². The Labute approximate surface area is 222 Å². The number of amides is 4. The normalized spacial score (nSPS) is 17.9. The predicted molar refractivity (Wildman–Crippen MR) is 143 cm³/mol. The lowest BCUT2D eigenvalue weighted by Gasteiger charge is -2.33. The number of nitrogens with one attached hydrogen (secondary N) is 2. The van der Waals surface area contributed by atoms with Gasteiger partial charge in [0.1, 0.15) is 11.8 Å². The highest BCUT2D eigenvalue weighted by Gasteiger charge is 2.47. The zero-order chi connectivity index (χ0) is 26.8. The van der Waals surface area contributed by atoms with Crippen LogP contribution in [0, 0.1) is 13.8 Å². The van der Waals surface area contributed by atoms with Crippen molar-refractivity contribution in [2.24, 2.45) is 0 Å². The van der Waals surface area contributed by atoms with Crippen LogP contribution >= 0.6 is 0 Å². The molecule has 3 heterocycles. The first-order valence-corrected chi connectivity index (χ1v) is 12.9. The Morgan fingerprint density at radius 2 is 1.89 bits per heavy atom. The first-order chi connectivity index (χ1) is 18.4. The van der Waals surface area contributed by atoms with E-state index in [1.165, 1.54) is 0 Å². The lowest BCUT2D eigenvalue weighted by molar-refractivity contribution is -0.136. The molecule has 2 aliphatic rings. The summed E-state index contributed by atoms with van der Waals surface area (Å²) in [6, 6.07) is 17.6. The van der Waals surface area contributed by atoms with Gasteiger partial charge < -0.3 is 20.0 Å². The van der Waals surface area contributed by atoms with Crippen LogP contribution in [0.1, 0.15) is 41.0 Å². The number of likely N-dealkylation sites (N-methyl/N-ethyl adjacent to an activating group) is 1. The Morgan fingerprint density at radius 3 is 2.58 bits per heavy atom. The van der Waals surface area contributed by atoms with E-state index in [9.17, 15) is 14.4 Å². The number of benzene rings is 2. The van der Waals surface area contributed by atoms with Crippen molar-refractivity contribution >= 4 is 17.8 Å². The van der Waals surface area contributed by atoms with Gasteiger partial charge in [-0.25, -0.2) is 4.79 Å². The lowest BCUT2D eigenvalue weighted by atomic mass is 9.91. The molecule has 2 unspecified atom stereocenters. The lowest BCUT2D eigenvalue weighted by Crippen LogP contribution is -2.49. The zero-order valence-corrected chi connectivity index (χ0v) is 21.9. The van der Waals surface area contributed by atoms with Gasteiger partial charge in [-0.3, -0.25) is 14.5 Å². The third kappa shape index (κ3) is 4.81. The molecule has 0 spiro atoms. The molecule has 0 saturated carbocycles. The summed E-state index contributed by atoms with van der Waals surface area (Å²) in [5, 5.41) is 5.98. The molecule has 0 aliphatic carbocycles. The summed E-state index contributed by atoms with van der Waals surface area (Å²) >= 11 is 0. The maximum absolute atomic E-state index is 14.1. The van der Waals surface area contributed by atoms with Crippen LogP contribution in [0.15, 0.2) is 82.6 Å². The minimum absolute atomic E-state index is 0.183. The quantitative estimate of drug-likeness (QED) is 0.477. The molecule has 2 aromatic carbocycles. The van der Waals surface area contributed by atoms with Crippen LogP contribution in [0.25, 0.3) is 0 Å². The number of hydrogen-bond acceptors (Lipinski definition) is 4.